The van der Waals surface area contributed by atoms with E-state index in [4.69, 9.17) is 0 Å². The number of nitrogens with one attached hydrogen (secondary N) is 2. The summed E-state index contributed by atoms with van der Waals surface area (Å²) < 4.78 is 2.21. The van der Waals surface area contributed by atoms with Crippen molar-refractivity contribution in [3.63, 3.8) is 0 Å². The van der Waals surface area contributed by atoms with E-state index in [0.29, 0.717) is 6.04 Å². The van der Waals surface area contributed by atoms with Crippen molar-refractivity contribution in [3.05, 3.63) is 18.0 Å². The van der Waals surface area contributed by atoms with Crippen molar-refractivity contribution in [2.24, 2.45) is 0 Å². The maximum atomic E-state index is 4.58. The van der Waals surface area contributed by atoms with Crippen LogP contribution >= 0.6 is 0 Å². The molecule has 94 valence electrons. The summed E-state index contributed by atoms with van der Waals surface area (Å²) in [5.41, 5.74) is 1.45. The lowest BCUT2D eigenvalue weighted by molar-refractivity contribution is 0.342. The topological polar surface area (TPSA) is 41.9 Å². The molecule has 4 nitrogen and oxygen atoms in total. The maximum absolute atomic E-state index is 4.58. The zero-order chi connectivity index (χ0) is 11.5. The monoisotopic (exact) mass is 234 g/mol. The second-order valence-electron chi connectivity index (χ2n) is 5.26. The second-order valence-corrected chi connectivity index (χ2v) is 5.26. The molecule has 0 radical (unpaired) electrons. The third-order valence-electron chi connectivity index (χ3n) is 4.11. The first-order valence-corrected chi connectivity index (χ1v) is 6.89. The highest BCUT2D eigenvalue weighted by molar-refractivity contribution is 5.12. The molecule has 3 rings (SSSR count). The number of nitrogens with zero attached hydrogens (tertiary/aromatic N) is 2. The Balaban J connectivity index is 1.68. The summed E-state index contributed by atoms with van der Waals surface area (Å²) in [6.45, 7) is 4.58. The van der Waals surface area contributed by atoms with Crippen molar-refractivity contribution in [3.8, 4) is 0 Å². The molecular formula is C13H22N4. The minimum Gasteiger partial charge on any atom is -0.317 e. The van der Waals surface area contributed by atoms with Crippen molar-refractivity contribution in [1.82, 2.24) is 20.4 Å². The summed E-state index contributed by atoms with van der Waals surface area (Å²) in [5, 5.41) is 11.4. The van der Waals surface area contributed by atoms with Gasteiger partial charge >= 0.3 is 0 Å². The number of piperidine rings is 2. The van der Waals surface area contributed by atoms with E-state index in [2.05, 4.69) is 32.8 Å². The lowest BCUT2D eigenvalue weighted by Gasteiger charge is -2.23. The Morgan fingerprint density at radius 3 is 2.35 bits per heavy atom. The summed E-state index contributed by atoms with van der Waals surface area (Å²) in [4.78, 5) is 0. The molecule has 0 bridgehead atoms. The Bertz CT molecular complexity index is 316. The smallest absolute Gasteiger partial charge is 0.0543 e. The fraction of sp³-hybridized carbons (Fsp3) is 0.769. The minimum absolute atomic E-state index is 0.617. The van der Waals surface area contributed by atoms with Gasteiger partial charge in [-0.1, -0.05) is 0 Å². The van der Waals surface area contributed by atoms with Crippen LogP contribution in [-0.4, -0.2) is 36.0 Å². The molecule has 0 amide bonds. The van der Waals surface area contributed by atoms with Crippen LogP contribution in [-0.2, 0) is 0 Å². The zero-order valence-corrected chi connectivity index (χ0v) is 10.4. The summed E-state index contributed by atoms with van der Waals surface area (Å²) in [5.74, 6) is 0.728. The molecule has 2 aliphatic rings. The van der Waals surface area contributed by atoms with E-state index in [1.54, 1.807) is 0 Å². The Morgan fingerprint density at radius 2 is 1.65 bits per heavy atom. The summed E-state index contributed by atoms with van der Waals surface area (Å²) in [6.07, 6.45) is 9.35. The Kier molecular flexibility index (Phi) is 3.43. The number of hydrogen-bond acceptors (Lipinski definition) is 3. The molecule has 3 heterocycles. The molecule has 0 unspecified atom stereocenters. The van der Waals surface area contributed by atoms with Crippen molar-refractivity contribution < 1.29 is 0 Å². The summed E-state index contributed by atoms with van der Waals surface area (Å²) >= 11 is 0. The van der Waals surface area contributed by atoms with Gasteiger partial charge in [0.2, 0.25) is 0 Å². The van der Waals surface area contributed by atoms with Gasteiger partial charge < -0.3 is 10.6 Å². The predicted molar refractivity (Wildman–Crippen MR) is 68.2 cm³/mol. The van der Waals surface area contributed by atoms with E-state index < -0.39 is 0 Å². The molecule has 1 aromatic rings. The predicted octanol–water partition coefficient (Wildman–Crippen LogP) is 1.27. The lowest BCUT2D eigenvalue weighted by Crippen LogP contribution is -2.29. The Morgan fingerprint density at radius 1 is 1.00 bits per heavy atom. The third kappa shape index (κ3) is 2.53. The highest BCUT2D eigenvalue weighted by Crippen LogP contribution is 2.26. The first kappa shape index (κ1) is 11.2. The molecule has 0 spiro atoms. The average Bonchev–Trinajstić information content (AvgIpc) is 2.90. The standard InChI is InChI=1S/C13H22N4/c1-5-14-6-2-11(1)12-9-16-17(10-12)13-3-7-15-8-4-13/h9-11,13-15H,1-8H2. The SMILES string of the molecule is c1nn(C2CCNCC2)cc1C1CCNCC1. The van der Waals surface area contributed by atoms with Crippen LogP contribution in [0.25, 0.3) is 0 Å². The summed E-state index contributed by atoms with van der Waals surface area (Å²) in [6, 6.07) is 0.617. The molecule has 17 heavy (non-hydrogen) atoms. The van der Waals surface area contributed by atoms with Crippen LogP contribution < -0.4 is 10.6 Å². The van der Waals surface area contributed by atoms with Crippen LogP contribution in [0.2, 0.25) is 0 Å². The van der Waals surface area contributed by atoms with E-state index in [9.17, 15) is 0 Å². The maximum Gasteiger partial charge on any atom is 0.0543 e. The molecule has 2 N–H and O–H groups in total. The van der Waals surface area contributed by atoms with E-state index in [1.807, 2.05) is 0 Å². The van der Waals surface area contributed by atoms with Crippen LogP contribution in [0.1, 0.15) is 43.2 Å². The van der Waals surface area contributed by atoms with Gasteiger partial charge in [-0.3, -0.25) is 4.68 Å². The van der Waals surface area contributed by atoms with Crippen molar-refractivity contribution in [1.29, 1.82) is 0 Å². The van der Waals surface area contributed by atoms with E-state index in [-0.39, 0.29) is 0 Å². The zero-order valence-electron chi connectivity index (χ0n) is 10.4. The van der Waals surface area contributed by atoms with E-state index >= 15 is 0 Å². The van der Waals surface area contributed by atoms with E-state index in [0.717, 1.165) is 32.1 Å². The fourth-order valence-corrected chi connectivity index (χ4v) is 2.99. The molecule has 0 aromatic carbocycles. The van der Waals surface area contributed by atoms with Crippen LogP contribution in [0.5, 0.6) is 0 Å². The normalized spacial score (nSPS) is 24.0. The molecular weight excluding hydrogens is 212 g/mol. The van der Waals surface area contributed by atoms with Gasteiger partial charge in [-0.25, -0.2) is 0 Å². The largest absolute Gasteiger partial charge is 0.317 e. The van der Waals surface area contributed by atoms with Gasteiger partial charge in [-0.05, 0) is 63.3 Å². The first-order chi connectivity index (χ1) is 8.43. The Hall–Kier alpha value is -0.870. The molecule has 2 fully saturated rings. The van der Waals surface area contributed by atoms with Gasteiger partial charge in [0.05, 0.1) is 12.2 Å². The fourth-order valence-electron chi connectivity index (χ4n) is 2.99. The molecule has 2 saturated heterocycles. The molecule has 0 atom stereocenters. The van der Waals surface area contributed by atoms with Crippen LogP contribution in [0.4, 0.5) is 0 Å². The van der Waals surface area contributed by atoms with Gasteiger partial charge in [-0.15, -0.1) is 0 Å². The van der Waals surface area contributed by atoms with Crippen molar-refractivity contribution in [2.75, 3.05) is 26.2 Å². The average molecular weight is 234 g/mol. The van der Waals surface area contributed by atoms with Gasteiger partial charge in [0, 0.05) is 6.20 Å². The second kappa shape index (κ2) is 5.19. The highest BCUT2D eigenvalue weighted by Gasteiger charge is 2.20. The van der Waals surface area contributed by atoms with Crippen LogP contribution in [0.3, 0.4) is 0 Å². The molecule has 0 saturated carbocycles. The number of aromatic nitrogens is 2. The molecule has 0 aliphatic carbocycles. The molecule has 1 aromatic heterocycles. The number of rotatable bonds is 2. The van der Waals surface area contributed by atoms with Crippen molar-refractivity contribution >= 4 is 0 Å². The van der Waals surface area contributed by atoms with Gasteiger partial charge in [-0.2, -0.15) is 5.10 Å². The van der Waals surface area contributed by atoms with Gasteiger partial charge in [0.15, 0.2) is 0 Å². The molecule has 4 heteroatoms. The quantitative estimate of drug-likeness (QED) is 0.810. The van der Waals surface area contributed by atoms with Gasteiger partial charge in [0.25, 0.3) is 0 Å². The molecule has 2 aliphatic heterocycles. The van der Waals surface area contributed by atoms with Crippen molar-refractivity contribution in [2.45, 2.75) is 37.6 Å². The number of hydrogen-bond donors (Lipinski definition) is 2. The highest BCUT2D eigenvalue weighted by atomic mass is 15.3. The van der Waals surface area contributed by atoms with Crippen LogP contribution in [0.15, 0.2) is 12.4 Å². The lowest BCUT2D eigenvalue weighted by atomic mass is 9.93. The minimum atomic E-state index is 0.617. The van der Waals surface area contributed by atoms with Gasteiger partial charge in [0.1, 0.15) is 0 Å². The third-order valence-corrected chi connectivity index (χ3v) is 4.11. The first-order valence-electron chi connectivity index (χ1n) is 6.89. The summed E-state index contributed by atoms with van der Waals surface area (Å²) in [7, 11) is 0. The van der Waals surface area contributed by atoms with E-state index in [1.165, 1.54) is 31.2 Å². The Labute approximate surface area is 103 Å². The van der Waals surface area contributed by atoms with Crippen LogP contribution in [0, 0.1) is 0 Å².